The monoisotopic (exact) mass is 616 g/mol. The van der Waals surface area contributed by atoms with Gasteiger partial charge in [-0.1, -0.05) is 67.1 Å². The molecule has 1 N–H and O–H groups in total. The van der Waals surface area contributed by atoms with E-state index >= 15 is 0 Å². The van der Waals surface area contributed by atoms with E-state index < -0.39 is 29.1 Å². The van der Waals surface area contributed by atoms with E-state index in [1.807, 2.05) is 55.5 Å². The minimum Gasteiger partial charge on any atom is -0.504 e. The maximum Gasteiger partial charge on any atom is 0.241 e. The number of imide groups is 2. The maximum atomic E-state index is 14.4. The van der Waals surface area contributed by atoms with Crippen LogP contribution in [0, 0.1) is 35.0 Å². The van der Waals surface area contributed by atoms with Crippen LogP contribution < -0.4 is 14.5 Å². The Morgan fingerprint density at radius 2 is 1.61 bits per heavy atom. The summed E-state index contributed by atoms with van der Waals surface area (Å²) in [4.78, 5) is 59.3. The average molecular weight is 617 g/mol. The Kier molecular flexibility index (Phi) is 7.18. The lowest BCUT2D eigenvalue weighted by Gasteiger charge is -2.47. The summed E-state index contributed by atoms with van der Waals surface area (Å²) in [6.07, 6.45) is 7.39. The van der Waals surface area contributed by atoms with E-state index in [0.717, 1.165) is 23.1 Å². The number of hydrogen-bond donors (Lipinski definition) is 1. The number of allylic oxidation sites excluding steroid dienone is 3. The quantitative estimate of drug-likeness (QED) is 0.271. The molecule has 1 saturated carbocycles. The molecular weight excluding hydrogens is 580 g/mol. The highest BCUT2D eigenvalue weighted by atomic mass is 16.5. The summed E-state index contributed by atoms with van der Waals surface area (Å²) in [6.45, 7) is 3.91. The van der Waals surface area contributed by atoms with Gasteiger partial charge in [0.05, 0.1) is 41.7 Å². The first-order chi connectivity index (χ1) is 22.2. The van der Waals surface area contributed by atoms with Gasteiger partial charge in [-0.2, -0.15) is 0 Å². The van der Waals surface area contributed by atoms with Gasteiger partial charge in [0.25, 0.3) is 0 Å². The highest BCUT2D eigenvalue weighted by Gasteiger charge is 2.66. The second kappa shape index (κ2) is 11.1. The zero-order valence-corrected chi connectivity index (χ0v) is 26.1. The van der Waals surface area contributed by atoms with Crippen LogP contribution in [0.15, 0.2) is 90.5 Å². The van der Waals surface area contributed by atoms with E-state index in [4.69, 9.17) is 4.74 Å². The van der Waals surface area contributed by atoms with Gasteiger partial charge in [-0.25, -0.2) is 4.90 Å². The Hall–Kier alpha value is -4.98. The van der Waals surface area contributed by atoms with Crippen molar-refractivity contribution in [2.24, 2.45) is 35.0 Å². The fraction of sp³-hybridized carbons (Fsp3) is 0.316. The lowest BCUT2D eigenvalue weighted by atomic mass is 9.52. The maximum absolute atomic E-state index is 14.4. The summed E-state index contributed by atoms with van der Waals surface area (Å²) in [7, 11) is 1.48. The number of rotatable bonds is 6. The Morgan fingerprint density at radius 3 is 2.30 bits per heavy atom. The first-order valence-electron chi connectivity index (χ1n) is 15.8. The molecule has 234 valence electrons. The molecule has 2 saturated heterocycles. The molecule has 3 fully saturated rings. The van der Waals surface area contributed by atoms with Gasteiger partial charge in [0.15, 0.2) is 11.5 Å². The topological polar surface area (TPSA) is 104 Å². The van der Waals surface area contributed by atoms with E-state index in [1.165, 1.54) is 16.9 Å². The summed E-state index contributed by atoms with van der Waals surface area (Å²) in [5.74, 6) is -3.43. The minimum absolute atomic E-state index is 0.0128. The predicted octanol–water partition coefficient (Wildman–Crippen LogP) is 5.94. The molecule has 8 heteroatoms. The number of hydrogen-bond acceptors (Lipinski definition) is 6. The van der Waals surface area contributed by atoms with Crippen molar-refractivity contribution in [1.82, 2.24) is 0 Å². The average Bonchev–Trinajstić information content (AvgIpc) is 3.44. The molecule has 2 aliphatic carbocycles. The summed E-state index contributed by atoms with van der Waals surface area (Å²) in [5.41, 5.74) is 2.75. The molecule has 0 radical (unpaired) electrons. The van der Waals surface area contributed by atoms with Gasteiger partial charge in [-0.15, -0.1) is 0 Å². The molecule has 2 aliphatic heterocycles. The molecule has 6 atom stereocenters. The molecule has 46 heavy (non-hydrogen) atoms. The third-order valence-corrected chi connectivity index (χ3v) is 10.6. The van der Waals surface area contributed by atoms with Gasteiger partial charge in [-0.3, -0.25) is 24.1 Å². The number of para-hydroxylation sites is 1. The van der Waals surface area contributed by atoms with Crippen molar-refractivity contribution < 1.29 is 29.0 Å². The Bertz CT molecular complexity index is 1810. The number of methoxy groups -OCH3 is 1. The lowest BCUT2D eigenvalue weighted by Crippen LogP contribution is -2.49. The van der Waals surface area contributed by atoms with Crippen LogP contribution in [-0.2, 0) is 25.6 Å². The number of benzene rings is 3. The van der Waals surface area contributed by atoms with Crippen LogP contribution in [0.5, 0.6) is 11.5 Å². The summed E-state index contributed by atoms with van der Waals surface area (Å²) in [6, 6.07) is 21.5. The zero-order valence-electron chi connectivity index (χ0n) is 26.1. The molecule has 4 aliphatic rings. The molecule has 8 nitrogen and oxygen atoms in total. The van der Waals surface area contributed by atoms with E-state index in [1.54, 1.807) is 42.5 Å². The van der Waals surface area contributed by atoms with Crippen LogP contribution in [0.1, 0.15) is 37.8 Å². The molecule has 7 rings (SSSR count). The molecule has 4 amide bonds. The Labute approximate surface area is 268 Å². The van der Waals surface area contributed by atoms with E-state index in [-0.39, 0.29) is 35.3 Å². The number of phenols is 1. The largest absolute Gasteiger partial charge is 0.504 e. The van der Waals surface area contributed by atoms with Crippen LogP contribution in [0.3, 0.4) is 0 Å². The fourth-order valence-electron chi connectivity index (χ4n) is 8.18. The van der Waals surface area contributed by atoms with E-state index in [0.29, 0.717) is 30.0 Å². The highest BCUT2D eigenvalue weighted by Crippen LogP contribution is 2.61. The second-order valence-corrected chi connectivity index (χ2v) is 12.9. The standard InChI is InChI=1S/C38H36N2O6/c1-4-22-10-14-25(15-11-22)39-34(42)27-17-16-26-28(33(27)36(39)44)21-30-35(43)40(24-8-6-5-7-9-24)37(45)38(30,2)29(26)18-12-23-13-19-31(41)32(20-23)46-3/h5-16,18-20,27-30,33,41H,4,17,21H2,1-3H3/t27-,28+,29-,30-,33-,38-/m0/s1. The number of anilines is 2. The second-order valence-electron chi connectivity index (χ2n) is 12.9. The molecular formula is C38H36N2O6. The van der Waals surface area contributed by atoms with Crippen molar-refractivity contribution >= 4 is 41.1 Å². The van der Waals surface area contributed by atoms with E-state index in [9.17, 15) is 24.3 Å². The van der Waals surface area contributed by atoms with E-state index in [2.05, 4.69) is 6.92 Å². The fourth-order valence-corrected chi connectivity index (χ4v) is 8.18. The van der Waals surface area contributed by atoms with Crippen LogP contribution in [0.4, 0.5) is 11.4 Å². The van der Waals surface area contributed by atoms with Crippen LogP contribution >= 0.6 is 0 Å². The number of amides is 4. The third-order valence-electron chi connectivity index (χ3n) is 10.6. The lowest BCUT2D eigenvalue weighted by molar-refractivity contribution is -0.132. The normalized spacial score (nSPS) is 28.8. The van der Waals surface area contributed by atoms with Crippen molar-refractivity contribution in [3.63, 3.8) is 0 Å². The number of carbonyl (C=O) groups excluding carboxylic acids is 4. The van der Waals surface area contributed by atoms with Gasteiger partial charge in [0.2, 0.25) is 23.6 Å². The zero-order chi connectivity index (χ0) is 32.3. The van der Waals surface area contributed by atoms with Crippen molar-refractivity contribution in [3.05, 3.63) is 102 Å². The van der Waals surface area contributed by atoms with Gasteiger partial charge >= 0.3 is 0 Å². The van der Waals surface area contributed by atoms with Crippen LogP contribution in [0.25, 0.3) is 6.08 Å². The van der Waals surface area contributed by atoms with Crippen molar-refractivity contribution in [2.45, 2.75) is 33.1 Å². The van der Waals surface area contributed by atoms with Crippen molar-refractivity contribution in [1.29, 1.82) is 0 Å². The first kappa shape index (κ1) is 29.7. The summed E-state index contributed by atoms with van der Waals surface area (Å²) < 4.78 is 5.30. The Morgan fingerprint density at radius 1 is 0.891 bits per heavy atom. The Balaban J connectivity index is 1.32. The summed E-state index contributed by atoms with van der Waals surface area (Å²) >= 11 is 0. The summed E-state index contributed by atoms with van der Waals surface area (Å²) in [5, 5.41) is 10.1. The number of nitrogens with zero attached hydrogens (tertiary/aromatic N) is 2. The van der Waals surface area contributed by atoms with Gasteiger partial charge in [-0.05, 0) is 79.6 Å². The van der Waals surface area contributed by atoms with Crippen molar-refractivity contribution in [3.8, 4) is 11.5 Å². The predicted molar refractivity (Wildman–Crippen MR) is 174 cm³/mol. The van der Waals surface area contributed by atoms with Gasteiger partial charge in [0.1, 0.15) is 0 Å². The number of carbonyl (C=O) groups is 4. The molecule has 0 aromatic heterocycles. The highest BCUT2D eigenvalue weighted by molar-refractivity contribution is 6.25. The minimum atomic E-state index is -1.11. The van der Waals surface area contributed by atoms with Crippen LogP contribution in [-0.4, -0.2) is 35.8 Å². The first-order valence-corrected chi connectivity index (χ1v) is 15.8. The number of ether oxygens (including phenoxy) is 1. The molecule has 3 aromatic rings. The molecule has 0 bridgehead atoms. The third kappa shape index (κ3) is 4.34. The SMILES string of the molecule is CCc1ccc(N2C(=O)[C@H]3[C@H](CC=C4[C@H]3C[C@H]3C(=O)N(c5ccccc5)C(=O)[C@@]3(C)[C@H]4C=Cc3ccc(O)c(OC)c3)C2=O)cc1. The number of fused-ring (bicyclic) bond motifs is 4. The molecule has 0 unspecified atom stereocenters. The van der Waals surface area contributed by atoms with Crippen LogP contribution in [0.2, 0.25) is 0 Å². The number of aromatic hydroxyl groups is 1. The molecule has 2 heterocycles. The van der Waals surface area contributed by atoms with Crippen molar-refractivity contribution in [2.75, 3.05) is 16.9 Å². The number of phenolic OH excluding ortho intramolecular Hbond substituents is 1. The number of aryl methyl sites for hydroxylation is 1. The molecule has 3 aromatic carbocycles. The van der Waals surface area contributed by atoms with Gasteiger partial charge < -0.3 is 9.84 Å². The van der Waals surface area contributed by atoms with Gasteiger partial charge in [0, 0.05) is 5.92 Å². The smallest absolute Gasteiger partial charge is 0.241 e. The molecule has 0 spiro atoms.